The van der Waals surface area contributed by atoms with Gasteiger partial charge in [-0.15, -0.1) is 0 Å². The average molecular weight is 446 g/mol. The highest BCUT2D eigenvalue weighted by atomic mass is 35.5. The molecule has 0 radical (unpaired) electrons. The summed E-state index contributed by atoms with van der Waals surface area (Å²) in [5.41, 5.74) is 5.43. The van der Waals surface area contributed by atoms with E-state index in [2.05, 4.69) is 15.1 Å². The van der Waals surface area contributed by atoms with Gasteiger partial charge in [0.15, 0.2) is 5.79 Å². The molecule has 8 heteroatoms. The lowest BCUT2D eigenvalue weighted by Gasteiger charge is -2.20. The molecule has 2 aromatic carbocycles. The van der Waals surface area contributed by atoms with Gasteiger partial charge in [-0.2, -0.15) is 5.10 Å². The summed E-state index contributed by atoms with van der Waals surface area (Å²) in [6, 6.07) is 13.5. The van der Waals surface area contributed by atoms with Gasteiger partial charge in [-0.3, -0.25) is 4.79 Å². The molecule has 0 spiro atoms. The molecule has 1 aromatic heterocycles. The highest BCUT2D eigenvalue weighted by Gasteiger charge is 2.33. The number of amides is 1. The van der Waals surface area contributed by atoms with Crippen LogP contribution in [0.2, 0.25) is 10.0 Å². The van der Waals surface area contributed by atoms with Crippen molar-refractivity contribution < 1.29 is 14.3 Å². The topological polar surface area (TPSA) is 64.9 Å². The summed E-state index contributed by atoms with van der Waals surface area (Å²) in [6.07, 6.45) is 3.70. The number of para-hydroxylation sites is 1. The quantitative estimate of drug-likeness (QED) is 0.445. The highest BCUT2D eigenvalue weighted by molar-refractivity contribution is 6.35. The second-order valence-corrected chi connectivity index (χ2v) is 8.11. The lowest BCUT2D eigenvalue weighted by Crippen LogP contribution is -2.33. The van der Waals surface area contributed by atoms with Crippen LogP contribution in [0.1, 0.15) is 24.5 Å². The second kappa shape index (κ2) is 8.78. The number of hydrogen-bond donors (Lipinski definition) is 1. The molecular weight excluding hydrogens is 425 g/mol. The molecule has 4 rings (SSSR count). The zero-order chi connectivity index (χ0) is 21.1. The maximum absolute atomic E-state index is 12.2. The van der Waals surface area contributed by atoms with Gasteiger partial charge in [0.2, 0.25) is 5.91 Å². The van der Waals surface area contributed by atoms with Crippen LogP contribution in [-0.4, -0.2) is 35.7 Å². The number of fused-ring (bicyclic) bond motifs is 1. The Bertz CT molecular complexity index is 1100. The molecule has 0 aliphatic carbocycles. The average Bonchev–Trinajstić information content (AvgIpc) is 3.28. The van der Waals surface area contributed by atoms with Gasteiger partial charge in [0.1, 0.15) is 0 Å². The third-order valence-corrected chi connectivity index (χ3v) is 5.53. The first-order valence-corrected chi connectivity index (χ1v) is 10.3. The molecule has 1 fully saturated rings. The highest BCUT2D eigenvalue weighted by Crippen LogP contribution is 2.26. The SMILES string of the molecule is CC1(CC(=O)N/N=C/c2cn(Cc3ccc(Cl)cc3Cl)c3ccccc23)OCCO1. The third-order valence-electron chi connectivity index (χ3n) is 4.95. The minimum Gasteiger partial charge on any atom is -0.347 e. The number of hydrogen-bond acceptors (Lipinski definition) is 4. The fourth-order valence-corrected chi connectivity index (χ4v) is 3.97. The molecule has 2 heterocycles. The van der Waals surface area contributed by atoms with Gasteiger partial charge in [0.05, 0.1) is 25.8 Å². The van der Waals surface area contributed by atoms with Gasteiger partial charge in [-0.05, 0) is 30.7 Å². The molecule has 0 unspecified atom stereocenters. The molecule has 30 heavy (non-hydrogen) atoms. The molecule has 1 amide bonds. The molecule has 1 aliphatic heterocycles. The largest absolute Gasteiger partial charge is 0.347 e. The Kier molecular flexibility index (Phi) is 6.11. The van der Waals surface area contributed by atoms with Gasteiger partial charge in [0, 0.05) is 39.3 Å². The Labute approximate surface area is 184 Å². The molecule has 1 aliphatic rings. The van der Waals surface area contributed by atoms with Crippen LogP contribution in [0.15, 0.2) is 53.8 Å². The van der Waals surface area contributed by atoms with Crippen LogP contribution in [0.3, 0.4) is 0 Å². The van der Waals surface area contributed by atoms with E-state index in [1.807, 2.05) is 42.6 Å². The summed E-state index contributed by atoms with van der Waals surface area (Å²) in [7, 11) is 0. The monoisotopic (exact) mass is 445 g/mol. The van der Waals surface area contributed by atoms with Gasteiger partial charge in [0.25, 0.3) is 0 Å². The summed E-state index contributed by atoms with van der Waals surface area (Å²) >= 11 is 12.3. The van der Waals surface area contributed by atoms with Crippen LogP contribution in [0, 0.1) is 0 Å². The van der Waals surface area contributed by atoms with Crippen LogP contribution in [0.4, 0.5) is 0 Å². The van der Waals surface area contributed by atoms with Crippen molar-refractivity contribution in [3.63, 3.8) is 0 Å². The van der Waals surface area contributed by atoms with E-state index in [1.165, 1.54) is 0 Å². The van der Waals surface area contributed by atoms with E-state index in [9.17, 15) is 4.79 Å². The second-order valence-electron chi connectivity index (χ2n) is 7.27. The fourth-order valence-electron chi connectivity index (χ4n) is 3.51. The van der Waals surface area contributed by atoms with Crippen molar-refractivity contribution >= 4 is 46.2 Å². The van der Waals surface area contributed by atoms with Crippen LogP contribution < -0.4 is 5.43 Å². The van der Waals surface area contributed by atoms with E-state index in [4.69, 9.17) is 32.7 Å². The van der Waals surface area contributed by atoms with E-state index < -0.39 is 5.79 Å². The number of carbonyl (C=O) groups excluding carboxylic acids is 1. The summed E-state index contributed by atoms with van der Waals surface area (Å²) in [5, 5.41) is 6.37. The maximum Gasteiger partial charge on any atom is 0.245 e. The van der Waals surface area contributed by atoms with Crippen molar-refractivity contribution in [2.75, 3.05) is 13.2 Å². The van der Waals surface area contributed by atoms with Crippen LogP contribution in [-0.2, 0) is 20.8 Å². The van der Waals surface area contributed by atoms with E-state index in [0.717, 1.165) is 22.0 Å². The van der Waals surface area contributed by atoms with Crippen molar-refractivity contribution in [3.05, 3.63) is 69.8 Å². The van der Waals surface area contributed by atoms with E-state index in [1.54, 1.807) is 19.2 Å². The van der Waals surface area contributed by atoms with Gasteiger partial charge in [-0.1, -0.05) is 47.5 Å². The zero-order valence-corrected chi connectivity index (χ0v) is 17.9. The first kappa shape index (κ1) is 20.9. The van der Waals surface area contributed by atoms with Crippen LogP contribution in [0.25, 0.3) is 10.9 Å². The van der Waals surface area contributed by atoms with Gasteiger partial charge in [-0.25, -0.2) is 5.43 Å². The van der Waals surface area contributed by atoms with Crippen molar-refractivity contribution in [1.29, 1.82) is 0 Å². The van der Waals surface area contributed by atoms with Gasteiger partial charge >= 0.3 is 0 Å². The minimum absolute atomic E-state index is 0.0845. The number of aromatic nitrogens is 1. The fraction of sp³-hybridized carbons (Fsp3) is 0.273. The van der Waals surface area contributed by atoms with E-state index in [-0.39, 0.29) is 12.3 Å². The summed E-state index contributed by atoms with van der Waals surface area (Å²) in [6.45, 7) is 3.32. The number of carbonyl (C=O) groups is 1. The summed E-state index contributed by atoms with van der Waals surface area (Å²) in [4.78, 5) is 12.2. The third kappa shape index (κ3) is 4.68. The molecule has 0 bridgehead atoms. The zero-order valence-electron chi connectivity index (χ0n) is 16.4. The molecule has 0 saturated carbocycles. The predicted octanol–water partition coefficient (Wildman–Crippen LogP) is 4.60. The number of benzene rings is 2. The summed E-state index contributed by atoms with van der Waals surface area (Å²) in [5.74, 6) is -1.15. The lowest BCUT2D eigenvalue weighted by atomic mass is 10.2. The Balaban J connectivity index is 1.51. The molecular formula is C22H21Cl2N3O3. The maximum atomic E-state index is 12.2. The Hall–Kier alpha value is -2.38. The van der Waals surface area contributed by atoms with Crippen LogP contribution >= 0.6 is 23.2 Å². The number of nitrogens with zero attached hydrogens (tertiary/aromatic N) is 2. The lowest BCUT2D eigenvalue weighted by molar-refractivity contribution is -0.159. The molecule has 156 valence electrons. The van der Waals surface area contributed by atoms with Gasteiger partial charge < -0.3 is 14.0 Å². The first-order valence-electron chi connectivity index (χ1n) is 9.55. The van der Waals surface area contributed by atoms with E-state index in [0.29, 0.717) is 29.8 Å². The number of rotatable bonds is 6. The minimum atomic E-state index is -0.881. The molecule has 0 atom stereocenters. The molecule has 1 saturated heterocycles. The normalized spacial score (nSPS) is 15.8. The van der Waals surface area contributed by atoms with Crippen LogP contribution in [0.5, 0.6) is 0 Å². The number of nitrogens with one attached hydrogen (secondary N) is 1. The van der Waals surface area contributed by atoms with E-state index >= 15 is 0 Å². The predicted molar refractivity (Wildman–Crippen MR) is 118 cm³/mol. The van der Waals surface area contributed by atoms with Crippen molar-refractivity contribution in [1.82, 2.24) is 9.99 Å². The Morgan fingerprint density at radius 1 is 1.23 bits per heavy atom. The standard InChI is InChI=1S/C22H21Cl2N3O3/c1-22(29-8-9-30-22)11-21(28)26-25-12-16-14-27(20-5-3-2-4-18(16)20)13-15-6-7-17(23)10-19(15)24/h2-7,10,12,14H,8-9,11,13H2,1H3,(H,26,28)/b25-12+. The molecule has 1 N–H and O–H groups in total. The van der Waals surface area contributed by atoms with Crippen molar-refractivity contribution in [2.24, 2.45) is 5.10 Å². The van der Waals surface area contributed by atoms with Crippen molar-refractivity contribution in [2.45, 2.75) is 25.7 Å². The number of hydrazone groups is 1. The molecule has 3 aromatic rings. The first-order chi connectivity index (χ1) is 14.4. The smallest absolute Gasteiger partial charge is 0.245 e. The Morgan fingerprint density at radius 3 is 2.77 bits per heavy atom. The summed E-state index contributed by atoms with van der Waals surface area (Å²) < 4.78 is 13.0. The number of halogens is 2. The molecule has 6 nitrogen and oxygen atoms in total. The number of ether oxygens (including phenoxy) is 2. The van der Waals surface area contributed by atoms with Crippen molar-refractivity contribution in [3.8, 4) is 0 Å². The Morgan fingerprint density at radius 2 is 2.00 bits per heavy atom.